The number of nitrogens with one attached hydrogen (secondary N) is 2. The summed E-state index contributed by atoms with van der Waals surface area (Å²) in [5, 5.41) is 9.87. The second-order valence-corrected chi connectivity index (χ2v) is 3.91. The summed E-state index contributed by atoms with van der Waals surface area (Å²) in [7, 11) is 0. The standard InChI is InChI=1S/C10H20N4O/c11-9(12)5-4-6-13-10(15)14-7-2-1-3-8-14/h1-8H2,(H3,11,12)(H,13,15). The molecule has 0 spiro atoms. The molecule has 4 N–H and O–H groups in total. The van der Waals surface area contributed by atoms with Gasteiger partial charge >= 0.3 is 6.03 Å². The zero-order chi connectivity index (χ0) is 11.1. The number of nitrogens with two attached hydrogens (primary N) is 1. The number of carbonyl (C=O) groups excluding carboxylic acids is 1. The lowest BCUT2D eigenvalue weighted by Gasteiger charge is -2.26. The molecular formula is C10H20N4O. The van der Waals surface area contributed by atoms with Crippen LogP contribution in [-0.2, 0) is 0 Å². The van der Waals surface area contributed by atoms with Crippen molar-refractivity contribution in [1.29, 1.82) is 5.41 Å². The fourth-order valence-corrected chi connectivity index (χ4v) is 1.68. The Hall–Kier alpha value is -1.26. The third-order valence-corrected chi connectivity index (χ3v) is 2.54. The Morgan fingerprint density at radius 2 is 2.00 bits per heavy atom. The van der Waals surface area contributed by atoms with Gasteiger partial charge in [0, 0.05) is 26.1 Å². The second-order valence-electron chi connectivity index (χ2n) is 3.91. The van der Waals surface area contributed by atoms with E-state index in [4.69, 9.17) is 11.1 Å². The van der Waals surface area contributed by atoms with E-state index in [0.29, 0.717) is 13.0 Å². The smallest absolute Gasteiger partial charge is 0.317 e. The third kappa shape index (κ3) is 4.67. The number of hydrogen-bond donors (Lipinski definition) is 3. The van der Waals surface area contributed by atoms with E-state index in [1.54, 1.807) is 0 Å². The molecule has 0 atom stereocenters. The molecule has 0 bridgehead atoms. The van der Waals surface area contributed by atoms with Crippen molar-refractivity contribution in [2.75, 3.05) is 19.6 Å². The molecule has 0 aromatic carbocycles. The van der Waals surface area contributed by atoms with Crippen LogP contribution >= 0.6 is 0 Å². The van der Waals surface area contributed by atoms with Crippen molar-refractivity contribution in [2.45, 2.75) is 32.1 Å². The van der Waals surface area contributed by atoms with Gasteiger partial charge in [0.05, 0.1) is 5.84 Å². The van der Waals surface area contributed by atoms with Crippen molar-refractivity contribution >= 4 is 11.9 Å². The first-order valence-corrected chi connectivity index (χ1v) is 5.56. The lowest BCUT2D eigenvalue weighted by molar-refractivity contribution is 0.186. The highest BCUT2D eigenvalue weighted by Crippen LogP contribution is 2.08. The van der Waals surface area contributed by atoms with Crippen LogP contribution < -0.4 is 11.1 Å². The van der Waals surface area contributed by atoms with E-state index in [2.05, 4.69) is 5.32 Å². The summed E-state index contributed by atoms with van der Waals surface area (Å²) in [5.74, 6) is 0.183. The van der Waals surface area contributed by atoms with Crippen LogP contribution in [0.1, 0.15) is 32.1 Å². The average molecular weight is 212 g/mol. The molecule has 0 aromatic rings. The summed E-state index contributed by atoms with van der Waals surface area (Å²) < 4.78 is 0. The summed E-state index contributed by atoms with van der Waals surface area (Å²) in [6.07, 6.45) is 4.76. The van der Waals surface area contributed by atoms with Crippen LogP contribution in [0, 0.1) is 5.41 Å². The van der Waals surface area contributed by atoms with E-state index in [1.807, 2.05) is 4.90 Å². The van der Waals surface area contributed by atoms with Gasteiger partial charge in [0.25, 0.3) is 0 Å². The van der Waals surface area contributed by atoms with Gasteiger partial charge in [0.15, 0.2) is 0 Å². The highest BCUT2D eigenvalue weighted by molar-refractivity contribution is 5.77. The number of piperidine rings is 1. The number of amides is 2. The van der Waals surface area contributed by atoms with Crippen molar-refractivity contribution in [3.63, 3.8) is 0 Å². The monoisotopic (exact) mass is 212 g/mol. The number of nitrogens with zero attached hydrogens (tertiary/aromatic N) is 1. The van der Waals surface area contributed by atoms with E-state index in [1.165, 1.54) is 6.42 Å². The molecule has 86 valence electrons. The number of rotatable bonds is 4. The summed E-state index contributed by atoms with van der Waals surface area (Å²) in [6, 6.07) is 0.0262. The summed E-state index contributed by atoms with van der Waals surface area (Å²) >= 11 is 0. The van der Waals surface area contributed by atoms with E-state index in [9.17, 15) is 4.79 Å². The van der Waals surface area contributed by atoms with Crippen LogP contribution in [0.2, 0.25) is 0 Å². The number of hydrogen-bond acceptors (Lipinski definition) is 2. The van der Waals surface area contributed by atoms with Gasteiger partial charge in [0.1, 0.15) is 0 Å². The van der Waals surface area contributed by atoms with Crippen molar-refractivity contribution in [2.24, 2.45) is 5.73 Å². The largest absolute Gasteiger partial charge is 0.388 e. The molecule has 5 heteroatoms. The van der Waals surface area contributed by atoms with Crippen LogP contribution in [0.25, 0.3) is 0 Å². The molecular weight excluding hydrogens is 192 g/mol. The molecule has 0 saturated carbocycles. The molecule has 15 heavy (non-hydrogen) atoms. The zero-order valence-electron chi connectivity index (χ0n) is 9.09. The highest BCUT2D eigenvalue weighted by atomic mass is 16.2. The van der Waals surface area contributed by atoms with Crippen LogP contribution in [-0.4, -0.2) is 36.4 Å². The lowest BCUT2D eigenvalue weighted by atomic mass is 10.1. The Kier molecular flexibility index (Phi) is 4.93. The highest BCUT2D eigenvalue weighted by Gasteiger charge is 2.15. The van der Waals surface area contributed by atoms with Crippen molar-refractivity contribution in [3.05, 3.63) is 0 Å². The second kappa shape index (κ2) is 6.27. The normalized spacial score (nSPS) is 16.1. The fraction of sp³-hybridized carbons (Fsp3) is 0.800. The van der Waals surface area contributed by atoms with Crippen molar-refractivity contribution < 1.29 is 4.79 Å². The van der Waals surface area contributed by atoms with Gasteiger partial charge in [-0.3, -0.25) is 5.41 Å². The van der Waals surface area contributed by atoms with Crippen LogP contribution in [0.4, 0.5) is 4.79 Å². The Labute approximate surface area is 90.5 Å². The third-order valence-electron chi connectivity index (χ3n) is 2.54. The Balaban J connectivity index is 2.09. The fourth-order valence-electron chi connectivity index (χ4n) is 1.68. The Morgan fingerprint density at radius 1 is 1.33 bits per heavy atom. The maximum absolute atomic E-state index is 11.6. The van der Waals surface area contributed by atoms with Gasteiger partial charge < -0.3 is 16.0 Å². The zero-order valence-corrected chi connectivity index (χ0v) is 9.09. The topological polar surface area (TPSA) is 82.2 Å². The van der Waals surface area contributed by atoms with Crippen molar-refractivity contribution in [3.8, 4) is 0 Å². The molecule has 1 saturated heterocycles. The Bertz CT molecular complexity index is 223. The number of likely N-dealkylation sites (tertiary alicyclic amines) is 1. The maximum Gasteiger partial charge on any atom is 0.317 e. The summed E-state index contributed by atoms with van der Waals surface area (Å²) in [6.45, 7) is 2.35. The molecule has 0 aliphatic carbocycles. The minimum Gasteiger partial charge on any atom is -0.388 e. The van der Waals surface area contributed by atoms with Crippen molar-refractivity contribution in [1.82, 2.24) is 10.2 Å². The predicted molar refractivity (Wildman–Crippen MR) is 60.0 cm³/mol. The first-order valence-electron chi connectivity index (χ1n) is 5.56. The van der Waals surface area contributed by atoms with E-state index >= 15 is 0 Å². The van der Waals surface area contributed by atoms with Gasteiger partial charge in [-0.05, 0) is 25.7 Å². The molecule has 0 aromatic heterocycles. The molecule has 1 aliphatic heterocycles. The first-order chi connectivity index (χ1) is 7.20. The van der Waals surface area contributed by atoms with Gasteiger partial charge in [0.2, 0.25) is 0 Å². The quantitative estimate of drug-likeness (QED) is 0.367. The molecule has 1 aliphatic rings. The van der Waals surface area contributed by atoms with Crippen LogP contribution in [0.3, 0.4) is 0 Å². The minimum atomic E-state index is 0.0262. The Morgan fingerprint density at radius 3 is 2.60 bits per heavy atom. The summed E-state index contributed by atoms with van der Waals surface area (Å²) in [5.41, 5.74) is 5.21. The molecule has 1 heterocycles. The lowest BCUT2D eigenvalue weighted by Crippen LogP contribution is -2.43. The van der Waals surface area contributed by atoms with Gasteiger partial charge in [-0.25, -0.2) is 4.79 Å². The molecule has 1 rings (SSSR count). The number of carbonyl (C=O) groups is 1. The van der Waals surface area contributed by atoms with E-state index in [-0.39, 0.29) is 11.9 Å². The van der Waals surface area contributed by atoms with E-state index in [0.717, 1.165) is 32.4 Å². The molecule has 0 radical (unpaired) electrons. The van der Waals surface area contributed by atoms with Gasteiger partial charge in [-0.1, -0.05) is 0 Å². The minimum absolute atomic E-state index is 0.0262. The number of urea groups is 1. The average Bonchev–Trinajstić information content (AvgIpc) is 2.25. The van der Waals surface area contributed by atoms with E-state index < -0.39 is 0 Å². The molecule has 5 nitrogen and oxygen atoms in total. The maximum atomic E-state index is 11.6. The van der Waals surface area contributed by atoms with Crippen LogP contribution in [0.5, 0.6) is 0 Å². The molecule has 0 unspecified atom stereocenters. The molecule has 1 fully saturated rings. The number of amidine groups is 1. The molecule has 2 amide bonds. The summed E-state index contributed by atoms with van der Waals surface area (Å²) in [4.78, 5) is 13.4. The first kappa shape index (κ1) is 11.8. The van der Waals surface area contributed by atoms with Gasteiger partial charge in [-0.2, -0.15) is 0 Å². The SMILES string of the molecule is N=C(N)CCCNC(=O)N1CCCCC1. The van der Waals surface area contributed by atoms with Gasteiger partial charge in [-0.15, -0.1) is 0 Å². The predicted octanol–water partition coefficient (Wildman–Crippen LogP) is 0.898. The van der Waals surface area contributed by atoms with Crippen LogP contribution in [0.15, 0.2) is 0 Å².